The number of ether oxygens (including phenoxy) is 2. The number of nitrogens with one attached hydrogen (secondary N) is 2. The first kappa shape index (κ1) is 17.5. The minimum atomic E-state index is -0.403. The fourth-order valence-electron chi connectivity index (χ4n) is 1.51. The van der Waals surface area contributed by atoms with Gasteiger partial charge in [-0.2, -0.15) is 0 Å². The maximum Gasteiger partial charge on any atom is 0.407 e. The van der Waals surface area contributed by atoms with Crippen molar-refractivity contribution in [3.05, 3.63) is 0 Å². The molecular formula is C13H26N2O4. The van der Waals surface area contributed by atoms with Gasteiger partial charge in [0.2, 0.25) is 0 Å². The molecule has 0 heterocycles. The van der Waals surface area contributed by atoms with E-state index in [4.69, 9.17) is 9.47 Å². The summed E-state index contributed by atoms with van der Waals surface area (Å²) >= 11 is 0. The molecule has 0 aliphatic heterocycles. The Bertz CT molecular complexity index is 284. The molecule has 0 bridgehead atoms. The van der Waals surface area contributed by atoms with Gasteiger partial charge in [-0.25, -0.2) is 9.59 Å². The quantitative estimate of drug-likeness (QED) is 0.712. The van der Waals surface area contributed by atoms with Crippen molar-refractivity contribution in [2.24, 2.45) is 5.41 Å². The predicted octanol–water partition coefficient (Wildman–Crippen LogP) is 2.29. The highest BCUT2D eigenvalue weighted by molar-refractivity contribution is 5.67. The third-order valence-corrected chi connectivity index (χ3v) is 3.06. The van der Waals surface area contributed by atoms with Gasteiger partial charge in [0.1, 0.15) is 0 Å². The number of carbonyl (C=O) groups is 2. The van der Waals surface area contributed by atoms with Crippen LogP contribution < -0.4 is 10.6 Å². The van der Waals surface area contributed by atoms with Crippen LogP contribution in [0.1, 0.15) is 40.5 Å². The number of hydrogen-bond acceptors (Lipinski definition) is 4. The molecule has 0 saturated heterocycles. The second-order valence-electron chi connectivity index (χ2n) is 4.64. The first-order valence-electron chi connectivity index (χ1n) is 6.78. The summed E-state index contributed by atoms with van der Waals surface area (Å²) in [4.78, 5) is 22.4. The zero-order chi connectivity index (χ0) is 14.7. The minimum absolute atomic E-state index is 0.0771. The highest BCUT2D eigenvalue weighted by atomic mass is 16.6. The largest absolute Gasteiger partial charge is 0.450 e. The second-order valence-corrected chi connectivity index (χ2v) is 4.64. The van der Waals surface area contributed by atoms with Crippen molar-refractivity contribution < 1.29 is 19.1 Å². The summed E-state index contributed by atoms with van der Waals surface area (Å²) in [6, 6.07) is 0. The Kier molecular flexibility index (Phi) is 8.74. The van der Waals surface area contributed by atoms with Crippen LogP contribution in [0, 0.1) is 5.41 Å². The van der Waals surface area contributed by atoms with E-state index in [0.717, 1.165) is 12.8 Å². The molecule has 112 valence electrons. The predicted molar refractivity (Wildman–Crippen MR) is 73.1 cm³/mol. The van der Waals surface area contributed by atoms with Crippen LogP contribution in [0.4, 0.5) is 9.59 Å². The standard InChI is InChI=1S/C13H26N2O4/c1-5-13(4,10-15-12(17)19-7-3)8-9-14-11(16)18-6-2/h5-10H2,1-4H3,(H,14,16)(H,15,17). The smallest absolute Gasteiger partial charge is 0.407 e. The van der Waals surface area contributed by atoms with Crippen molar-refractivity contribution in [3.63, 3.8) is 0 Å². The molecule has 0 aromatic rings. The molecule has 0 aliphatic rings. The van der Waals surface area contributed by atoms with E-state index in [1.165, 1.54) is 0 Å². The summed E-state index contributed by atoms with van der Waals surface area (Å²) in [5, 5.41) is 5.41. The molecule has 0 aromatic carbocycles. The molecule has 0 saturated carbocycles. The summed E-state index contributed by atoms with van der Waals surface area (Å²) in [5.74, 6) is 0. The summed E-state index contributed by atoms with van der Waals surface area (Å²) in [7, 11) is 0. The van der Waals surface area contributed by atoms with Crippen LogP contribution in [-0.4, -0.2) is 38.5 Å². The lowest BCUT2D eigenvalue weighted by atomic mass is 9.84. The molecule has 0 radical (unpaired) electrons. The molecule has 1 atom stereocenters. The van der Waals surface area contributed by atoms with Gasteiger partial charge in [-0.15, -0.1) is 0 Å². The highest BCUT2D eigenvalue weighted by Crippen LogP contribution is 2.24. The Hall–Kier alpha value is -1.46. The third-order valence-electron chi connectivity index (χ3n) is 3.06. The number of alkyl carbamates (subject to hydrolysis) is 2. The molecule has 0 fully saturated rings. The van der Waals surface area contributed by atoms with Crippen LogP contribution in [0.15, 0.2) is 0 Å². The van der Waals surface area contributed by atoms with Crippen LogP contribution in [0.25, 0.3) is 0 Å². The van der Waals surface area contributed by atoms with E-state index in [2.05, 4.69) is 24.5 Å². The zero-order valence-electron chi connectivity index (χ0n) is 12.4. The van der Waals surface area contributed by atoms with Crippen molar-refractivity contribution >= 4 is 12.2 Å². The molecule has 0 aliphatic carbocycles. The fourth-order valence-corrected chi connectivity index (χ4v) is 1.51. The summed E-state index contributed by atoms with van der Waals surface area (Å²) < 4.78 is 9.60. The monoisotopic (exact) mass is 274 g/mol. The Morgan fingerprint density at radius 2 is 1.53 bits per heavy atom. The lowest BCUT2D eigenvalue weighted by molar-refractivity contribution is 0.141. The zero-order valence-corrected chi connectivity index (χ0v) is 12.4. The van der Waals surface area contributed by atoms with Gasteiger partial charge in [0, 0.05) is 13.1 Å². The Labute approximate surface area is 115 Å². The lowest BCUT2D eigenvalue weighted by Crippen LogP contribution is -2.38. The van der Waals surface area contributed by atoms with Gasteiger partial charge in [0.25, 0.3) is 0 Å². The van der Waals surface area contributed by atoms with Crippen molar-refractivity contribution in [2.75, 3.05) is 26.3 Å². The van der Waals surface area contributed by atoms with Gasteiger partial charge >= 0.3 is 12.2 Å². The van der Waals surface area contributed by atoms with Crippen LogP contribution >= 0.6 is 0 Å². The molecular weight excluding hydrogens is 248 g/mol. The van der Waals surface area contributed by atoms with Crippen LogP contribution in [0.2, 0.25) is 0 Å². The third kappa shape index (κ3) is 8.29. The molecule has 0 aromatic heterocycles. The summed E-state index contributed by atoms with van der Waals surface area (Å²) in [6.45, 7) is 9.41. The van der Waals surface area contributed by atoms with E-state index < -0.39 is 12.2 Å². The number of hydrogen-bond donors (Lipinski definition) is 2. The number of amides is 2. The van der Waals surface area contributed by atoms with Gasteiger partial charge < -0.3 is 20.1 Å². The SMILES string of the molecule is CCOC(=O)NCCC(C)(CC)CNC(=O)OCC. The molecule has 0 spiro atoms. The van der Waals surface area contributed by atoms with Gasteiger partial charge in [-0.05, 0) is 32.1 Å². The Morgan fingerprint density at radius 3 is 2.00 bits per heavy atom. The summed E-state index contributed by atoms with van der Waals surface area (Å²) in [5.41, 5.74) is -0.0771. The molecule has 1 unspecified atom stereocenters. The van der Waals surface area contributed by atoms with Crippen molar-refractivity contribution in [1.82, 2.24) is 10.6 Å². The molecule has 2 N–H and O–H groups in total. The van der Waals surface area contributed by atoms with Crippen LogP contribution in [-0.2, 0) is 9.47 Å². The van der Waals surface area contributed by atoms with E-state index >= 15 is 0 Å². The number of rotatable bonds is 8. The summed E-state index contributed by atoms with van der Waals surface area (Å²) in [6.07, 6.45) is 0.846. The first-order valence-corrected chi connectivity index (χ1v) is 6.78. The number of carbonyl (C=O) groups excluding carboxylic acids is 2. The van der Waals surface area contributed by atoms with E-state index in [1.807, 2.05) is 0 Å². The second kappa shape index (κ2) is 9.47. The lowest BCUT2D eigenvalue weighted by Gasteiger charge is -2.28. The van der Waals surface area contributed by atoms with E-state index in [0.29, 0.717) is 26.3 Å². The maximum atomic E-state index is 11.2. The van der Waals surface area contributed by atoms with Crippen molar-refractivity contribution in [3.8, 4) is 0 Å². The average molecular weight is 274 g/mol. The topological polar surface area (TPSA) is 76.7 Å². The van der Waals surface area contributed by atoms with Crippen molar-refractivity contribution in [2.45, 2.75) is 40.5 Å². The van der Waals surface area contributed by atoms with Gasteiger partial charge in [0.15, 0.2) is 0 Å². The first-order chi connectivity index (χ1) is 8.97. The average Bonchev–Trinajstić information content (AvgIpc) is 2.37. The minimum Gasteiger partial charge on any atom is -0.450 e. The molecule has 6 nitrogen and oxygen atoms in total. The highest BCUT2D eigenvalue weighted by Gasteiger charge is 2.23. The van der Waals surface area contributed by atoms with Crippen LogP contribution in [0.3, 0.4) is 0 Å². The van der Waals surface area contributed by atoms with Gasteiger partial charge in [-0.3, -0.25) is 0 Å². The van der Waals surface area contributed by atoms with E-state index in [9.17, 15) is 9.59 Å². The van der Waals surface area contributed by atoms with Gasteiger partial charge in [-0.1, -0.05) is 13.8 Å². The van der Waals surface area contributed by atoms with E-state index in [-0.39, 0.29) is 5.41 Å². The van der Waals surface area contributed by atoms with E-state index in [1.54, 1.807) is 13.8 Å². The normalized spacial score (nSPS) is 13.3. The fraction of sp³-hybridized carbons (Fsp3) is 0.846. The van der Waals surface area contributed by atoms with Crippen LogP contribution in [0.5, 0.6) is 0 Å². The Morgan fingerprint density at radius 1 is 1.00 bits per heavy atom. The molecule has 6 heteroatoms. The molecule has 19 heavy (non-hydrogen) atoms. The maximum absolute atomic E-state index is 11.2. The molecule has 2 amide bonds. The molecule has 0 rings (SSSR count). The Balaban J connectivity index is 4.01. The van der Waals surface area contributed by atoms with Gasteiger partial charge in [0.05, 0.1) is 13.2 Å². The van der Waals surface area contributed by atoms with Crippen molar-refractivity contribution in [1.29, 1.82) is 0 Å².